The number of rotatable bonds is 3. The molecule has 0 spiro atoms. The zero-order chi connectivity index (χ0) is 24.5. The van der Waals surface area contributed by atoms with E-state index in [9.17, 15) is 0 Å². The van der Waals surface area contributed by atoms with E-state index in [1.54, 1.807) is 7.11 Å². The molecule has 0 saturated carbocycles. The predicted molar refractivity (Wildman–Crippen MR) is 142 cm³/mol. The molecule has 4 aromatic carbocycles. The predicted octanol–water partition coefficient (Wildman–Crippen LogP) is 7.56. The second-order valence-electron chi connectivity index (χ2n) is 8.36. The Labute approximate surface area is 224 Å². The summed E-state index contributed by atoms with van der Waals surface area (Å²) in [6, 6.07) is 37.0. The molecule has 0 aliphatic heterocycles. The summed E-state index contributed by atoms with van der Waals surface area (Å²) in [6.07, 6.45) is 9.22. The van der Waals surface area contributed by atoms with Crippen molar-refractivity contribution in [3.05, 3.63) is 149 Å². The van der Waals surface area contributed by atoms with Crippen molar-refractivity contribution in [2.45, 2.75) is 19.8 Å². The molecule has 1 nitrogen and oxygen atoms in total. The number of benzene rings is 4. The number of methoxy groups -OCH3 is 1. The molecule has 0 radical (unpaired) electrons. The number of allylic oxidation sites excluding steroid dienone is 4. The van der Waals surface area contributed by atoms with Gasteiger partial charge >= 0.3 is 99.2 Å². The Bertz CT molecular complexity index is 1290. The van der Waals surface area contributed by atoms with Crippen molar-refractivity contribution in [3.63, 3.8) is 0 Å². The molecule has 2 heteroatoms. The van der Waals surface area contributed by atoms with Crippen LogP contribution in [0.2, 0.25) is 0 Å². The van der Waals surface area contributed by atoms with E-state index < -0.39 is 0 Å². The maximum atomic E-state index is 5.18. The summed E-state index contributed by atoms with van der Waals surface area (Å²) in [5.41, 5.74) is 9.27. The number of hydrogen-bond acceptors (Lipinski definition) is 1. The van der Waals surface area contributed by atoms with E-state index in [0.717, 1.165) is 18.6 Å². The zero-order valence-electron chi connectivity index (χ0n) is 20.2. The molecule has 0 N–H and O–H groups in total. The average Bonchev–Trinajstić information content (AvgIpc) is 3.56. The van der Waals surface area contributed by atoms with Crippen LogP contribution in [0, 0.1) is 12.1 Å². The molecule has 4 aromatic rings. The molecule has 6 rings (SSSR count). The first-order valence-corrected chi connectivity index (χ1v) is 13.0. The Morgan fingerprint density at radius 1 is 0.771 bits per heavy atom. The van der Waals surface area contributed by atoms with Gasteiger partial charge in [0.05, 0.1) is 7.11 Å². The van der Waals surface area contributed by atoms with Gasteiger partial charge in [-0.2, -0.15) is 12.1 Å². The molecule has 2 aliphatic rings. The molecule has 0 heterocycles. The molecule has 0 atom stereocenters. The summed E-state index contributed by atoms with van der Waals surface area (Å²) in [7, 11) is 1.68. The number of fused-ring (bicyclic) bond motifs is 3. The van der Waals surface area contributed by atoms with Crippen LogP contribution >= 0.6 is 0 Å². The van der Waals surface area contributed by atoms with Gasteiger partial charge in [0, 0.05) is 5.75 Å². The molecular formula is C33H28OZr. The van der Waals surface area contributed by atoms with E-state index in [2.05, 4.69) is 116 Å². The maximum absolute atomic E-state index is 5.18. The summed E-state index contributed by atoms with van der Waals surface area (Å²) < 4.78 is 6.60. The molecule has 0 amide bonds. The van der Waals surface area contributed by atoms with Crippen molar-refractivity contribution in [2.75, 3.05) is 7.11 Å². The molecule has 0 unspecified atom stereocenters. The van der Waals surface area contributed by atoms with Crippen molar-refractivity contribution in [1.29, 1.82) is 0 Å². The summed E-state index contributed by atoms with van der Waals surface area (Å²) >= 11 is 1.46. The molecule has 170 valence electrons. The van der Waals surface area contributed by atoms with Crippen molar-refractivity contribution in [3.8, 4) is 16.9 Å². The Morgan fingerprint density at radius 3 is 1.94 bits per heavy atom. The van der Waals surface area contributed by atoms with E-state index in [-0.39, 0.29) is 0 Å². The molecule has 0 aromatic heterocycles. The van der Waals surface area contributed by atoms with Gasteiger partial charge in [-0.05, 0) is 6.42 Å². The number of hydrogen-bond donors (Lipinski definition) is 0. The number of ether oxygens (including phenoxy) is 1. The average molecular weight is 532 g/mol. The van der Waals surface area contributed by atoms with Gasteiger partial charge in [-0.15, -0.1) is 36.6 Å². The Hall–Kier alpha value is -3.09. The van der Waals surface area contributed by atoms with E-state index in [0.29, 0.717) is 0 Å². The SMILES string of the molecule is CC1=CC[C-]=C1.COc1[c-]c2c(cc1)-c1ccccc1C2.[Zr+2]=[C](c1ccccc1)c1ccccc1. The first-order valence-electron chi connectivity index (χ1n) is 11.8. The Morgan fingerprint density at radius 2 is 1.40 bits per heavy atom. The van der Waals surface area contributed by atoms with E-state index >= 15 is 0 Å². The van der Waals surface area contributed by atoms with E-state index in [4.69, 9.17) is 4.74 Å². The third-order valence-corrected chi connectivity index (χ3v) is 7.31. The third-order valence-electron chi connectivity index (χ3n) is 5.89. The van der Waals surface area contributed by atoms with Crippen molar-refractivity contribution in [1.82, 2.24) is 0 Å². The monoisotopic (exact) mass is 530 g/mol. The first kappa shape index (κ1) is 25.0. The van der Waals surface area contributed by atoms with Crippen molar-refractivity contribution in [2.24, 2.45) is 0 Å². The quantitative estimate of drug-likeness (QED) is 0.218. The van der Waals surface area contributed by atoms with Crippen molar-refractivity contribution >= 4 is 3.21 Å². The van der Waals surface area contributed by atoms with Gasteiger partial charge in [-0.25, -0.2) is 11.6 Å². The fourth-order valence-electron chi connectivity index (χ4n) is 4.03. The Balaban J connectivity index is 0.000000135. The van der Waals surface area contributed by atoms with Crippen LogP contribution in [0.1, 0.15) is 35.6 Å². The fraction of sp³-hybridized carbons (Fsp3) is 0.121. The van der Waals surface area contributed by atoms with Crippen LogP contribution in [0.4, 0.5) is 0 Å². The minimum atomic E-state index is 0.821. The molecule has 0 fully saturated rings. The van der Waals surface area contributed by atoms with Gasteiger partial charge in [-0.3, -0.25) is 6.08 Å². The van der Waals surface area contributed by atoms with Crippen LogP contribution in [-0.4, -0.2) is 10.3 Å². The minimum absolute atomic E-state index is 0.821. The molecule has 0 saturated heterocycles. The van der Waals surface area contributed by atoms with Gasteiger partial charge in [0.2, 0.25) is 0 Å². The van der Waals surface area contributed by atoms with Crippen LogP contribution in [-0.2, 0) is 30.7 Å². The third kappa shape index (κ3) is 6.74. The Kier molecular flexibility index (Phi) is 8.98. The normalized spacial score (nSPS) is 12.3. The van der Waals surface area contributed by atoms with Gasteiger partial charge in [0.1, 0.15) is 0 Å². The van der Waals surface area contributed by atoms with Crippen LogP contribution in [0.3, 0.4) is 0 Å². The summed E-state index contributed by atoms with van der Waals surface area (Å²) in [4.78, 5) is 0. The van der Waals surface area contributed by atoms with Gasteiger partial charge in [0.25, 0.3) is 0 Å². The first-order chi connectivity index (χ1) is 17.2. The molecule has 0 bridgehead atoms. The van der Waals surface area contributed by atoms with Gasteiger partial charge in [-0.1, -0.05) is 35.4 Å². The van der Waals surface area contributed by atoms with E-state index in [1.807, 2.05) is 12.1 Å². The summed E-state index contributed by atoms with van der Waals surface area (Å²) in [6.45, 7) is 2.08. The fourth-order valence-corrected chi connectivity index (χ4v) is 4.85. The summed E-state index contributed by atoms with van der Waals surface area (Å²) in [5, 5.41) is 0. The standard InChI is InChI=1S/C14H11O.C13H10.C6H7.Zr/c1-15-12-6-7-14-11(9-12)8-10-4-2-3-5-13(10)14;1-3-7-12(8-4-1)11-13-9-5-2-6-10-13;1-6-4-2-3-5-6;/h2-7H,8H2,1H3;1-10H;4-5H,2H2,1H3;/q-1;;-1;+2. The van der Waals surface area contributed by atoms with Gasteiger partial charge in [0.15, 0.2) is 0 Å². The molecule has 35 heavy (non-hydrogen) atoms. The van der Waals surface area contributed by atoms with Crippen LogP contribution in [0.5, 0.6) is 5.75 Å². The van der Waals surface area contributed by atoms with Crippen LogP contribution in [0.15, 0.2) is 115 Å². The molecular weight excluding hydrogens is 504 g/mol. The second kappa shape index (κ2) is 12.6. The van der Waals surface area contributed by atoms with Crippen LogP contribution in [0.25, 0.3) is 11.1 Å². The van der Waals surface area contributed by atoms with Crippen LogP contribution < -0.4 is 4.74 Å². The second-order valence-corrected chi connectivity index (χ2v) is 9.59. The van der Waals surface area contributed by atoms with E-state index in [1.165, 1.54) is 66.4 Å². The van der Waals surface area contributed by atoms with Gasteiger partial charge < -0.3 is 4.74 Å². The zero-order valence-corrected chi connectivity index (χ0v) is 22.7. The molecule has 2 aliphatic carbocycles. The van der Waals surface area contributed by atoms with Crippen molar-refractivity contribution < 1.29 is 29.0 Å². The summed E-state index contributed by atoms with van der Waals surface area (Å²) in [5.74, 6) is 0.821. The topological polar surface area (TPSA) is 9.23 Å².